The third kappa shape index (κ3) is 5.54. The van der Waals surface area contributed by atoms with Crippen molar-refractivity contribution in [2.24, 2.45) is 7.05 Å². The zero-order chi connectivity index (χ0) is 21.5. The van der Waals surface area contributed by atoms with Crippen molar-refractivity contribution in [2.75, 3.05) is 17.7 Å². The first kappa shape index (κ1) is 21.7. The van der Waals surface area contributed by atoms with Crippen molar-refractivity contribution in [3.8, 4) is 11.5 Å². The number of thioether (sulfide) groups is 1. The number of anilines is 1. The molecule has 3 aromatic rings. The largest absolute Gasteiger partial charge is 0.490 e. The van der Waals surface area contributed by atoms with Gasteiger partial charge in [0.05, 0.1) is 12.4 Å². The summed E-state index contributed by atoms with van der Waals surface area (Å²) in [6.07, 6.45) is 0. The van der Waals surface area contributed by atoms with Crippen LogP contribution in [0.2, 0.25) is 0 Å². The van der Waals surface area contributed by atoms with Crippen LogP contribution in [-0.2, 0) is 18.4 Å². The molecule has 0 unspecified atom stereocenters. The predicted molar refractivity (Wildman–Crippen MR) is 118 cm³/mol. The van der Waals surface area contributed by atoms with Gasteiger partial charge in [0.25, 0.3) is 0 Å². The number of ether oxygens (including phenoxy) is 2. The van der Waals surface area contributed by atoms with Gasteiger partial charge < -0.3 is 19.4 Å². The van der Waals surface area contributed by atoms with Crippen molar-refractivity contribution in [3.63, 3.8) is 0 Å². The third-order valence-electron chi connectivity index (χ3n) is 4.43. The summed E-state index contributed by atoms with van der Waals surface area (Å²) in [5, 5.41) is 12.0. The minimum atomic E-state index is -0.0869. The quantitative estimate of drug-likeness (QED) is 0.518. The number of rotatable bonds is 9. The highest BCUT2D eigenvalue weighted by atomic mass is 32.2. The van der Waals surface area contributed by atoms with Crippen molar-refractivity contribution < 1.29 is 14.3 Å². The molecule has 158 valence electrons. The Hall–Kier alpha value is -3.00. The van der Waals surface area contributed by atoms with Gasteiger partial charge in [-0.1, -0.05) is 36.0 Å². The molecule has 2 aromatic carbocycles. The second-order valence-electron chi connectivity index (χ2n) is 6.78. The summed E-state index contributed by atoms with van der Waals surface area (Å²) in [4.78, 5) is 12.3. The zero-order valence-electron chi connectivity index (χ0n) is 17.6. The van der Waals surface area contributed by atoms with Crippen molar-refractivity contribution >= 4 is 23.4 Å². The molecule has 30 heavy (non-hydrogen) atoms. The Morgan fingerprint density at radius 1 is 1.10 bits per heavy atom. The lowest BCUT2D eigenvalue weighted by molar-refractivity contribution is -0.113. The van der Waals surface area contributed by atoms with Gasteiger partial charge in [-0.3, -0.25) is 4.79 Å². The summed E-state index contributed by atoms with van der Waals surface area (Å²) in [5.41, 5.74) is 2.95. The summed E-state index contributed by atoms with van der Waals surface area (Å²) in [6.45, 7) is 6.72. The molecule has 1 N–H and O–H groups in total. The van der Waals surface area contributed by atoms with Crippen LogP contribution in [0.3, 0.4) is 0 Å². The molecular formula is C22H26N4O3S. The molecule has 3 rings (SSSR count). The maximum absolute atomic E-state index is 12.3. The van der Waals surface area contributed by atoms with E-state index < -0.39 is 0 Å². The van der Waals surface area contributed by atoms with E-state index in [2.05, 4.69) is 15.5 Å². The van der Waals surface area contributed by atoms with Gasteiger partial charge in [0.1, 0.15) is 6.61 Å². The predicted octanol–water partition coefficient (Wildman–Crippen LogP) is 4.14. The third-order valence-corrected chi connectivity index (χ3v) is 5.45. The molecule has 0 aliphatic heterocycles. The molecule has 1 amide bonds. The molecule has 0 bridgehead atoms. The SMILES string of the molecule is CCOc1cc(C)ccc1OCc1nnc(SCC(=O)Nc2ccccc2C)n1C. The number of carbonyl (C=O) groups is 1. The van der Waals surface area contributed by atoms with Gasteiger partial charge in [-0.2, -0.15) is 0 Å². The Balaban J connectivity index is 1.57. The topological polar surface area (TPSA) is 78.3 Å². The van der Waals surface area contributed by atoms with Crippen LogP contribution in [0.15, 0.2) is 47.6 Å². The number of hydrogen-bond donors (Lipinski definition) is 1. The van der Waals surface area contributed by atoms with E-state index >= 15 is 0 Å². The minimum Gasteiger partial charge on any atom is -0.490 e. The maximum atomic E-state index is 12.3. The molecule has 0 spiro atoms. The molecule has 7 nitrogen and oxygen atoms in total. The molecule has 8 heteroatoms. The van der Waals surface area contributed by atoms with Crippen LogP contribution in [-0.4, -0.2) is 33.0 Å². The Morgan fingerprint density at radius 3 is 2.67 bits per heavy atom. The van der Waals surface area contributed by atoms with Crippen molar-refractivity contribution in [1.29, 1.82) is 0 Å². The fourth-order valence-corrected chi connectivity index (χ4v) is 3.50. The smallest absolute Gasteiger partial charge is 0.234 e. The standard InChI is InChI=1S/C22H26N4O3S/c1-5-28-19-12-15(2)10-11-18(19)29-13-20-24-25-22(26(20)4)30-14-21(27)23-17-9-7-6-8-16(17)3/h6-12H,5,13-14H2,1-4H3,(H,23,27). The summed E-state index contributed by atoms with van der Waals surface area (Å²) >= 11 is 1.33. The monoisotopic (exact) mass is 426 g/mol. The lowest BCUT2D eigenvalue weighted by Crippen LogP contribution is -2.15. The van der Waals surface area contributed by atoms with Gasteiger partial charge in [0, 0.05) is 12.7 Å². The molecule has 0 aliphatic rings. The average Bonchev–Trinajstić information content (AvgIpc) is 3.07. The number of amides is 1. The Kier molecular flexibility index (Phi) is 7.35. The lowest BCUT2D eigenvalue weighted by atomic mass is 10.2. The minimum absolute atomic E-state index is 0.0869. The van der Waals surface area contributed by atoms with Gasteiger partial charge >= 0.3 is 0 Å². The van der Waals surface area contributed by atoms with Crippen LogP contribution in [0, 0.1) is 13.8 Å². The Morgan fingerprint density at radius 2 is 1.90 bits per heavy atom. The molecule has 0 aliphatic carbocycles. The normalized spacial score (nSPS) is 10.7. The molecule has 0 fully saturated rings. The fourth-order valence-electron chi connectivity index (χ4n) is 2.77. The first-order chi connectivity index (χ1) is 14.5. The van der Waals surface area contributed by atoms with Gasteiger partial charge in [-0.25, -0.2) is 0 Å². The highest BCUT2D eigenvalue weighted by Crippen LogP contribution is 2.29. The Bertz CT molecular complexity index is 1020. The molecule has 0 radical (unpaired) electrons. The first-order valence-electron chi connectivity index (χ1n) is 9.70. The molecular weight excluding hydrogens is 400 g/mol. The van der Waals surface area contributed by atoms with Crippen LogP contribution in [0.25, 0.3) is 0 Å². The number of nitrogens with zero attached hydrogens (tertiary/aromatic N) is 3. The van der Waals surface area contributed by atoms with E-state index in [1.807, 2.05) is 74.9 Å². The van der Waals surface area contributed by atoms with Gasteiger partial charge in [-0.05, 0) is 50.1 Å². The lowest BCUT2D eigenvalue weighted by Gasteiger charge is -2.12. The summed E-state index contributed by atoms with van der Waals surface area (Å²) in [6, 6.07) is 13.5. The number of nitrogens with one attached hydrogen (secondary N) is 1. The van der Waals surface area contributed by atoms with Crippen LogP contribution in [0.4, 0.5) is 5.69 Å². The number of carbonyl (C=O) groups excluding carboxylic acids is 1. The summed E-state index contributed by atoms with van der Waals surface area (Å²) in [7, 11) is 1.86. The van der Waals surface area contributed by atoms with E-state index in [1.165, 1.54) is 11.8 Å². The van der Waals surface area contributed by atoms with E-state index in [1.54, 1.807) is 0 Å². The van der Waals surface area contributed by atoms with E-state index in [4.69, 9.17) is 9.47 Å². The average molecular weight is 427 g/mol. The summed E-state index contributed by atoms with van der Waals surface area (Å²) < 4.78 is 13.4. The maximum Gasteiger partial charge on any atom is 0.234 e. The van der Waals surface area contributed by atoms with Crippen LogP contribution in [0.1, 0.15) is 23.9 Å². The molecule has 1 heterocycles. The van der Waals surface area contributed by atoms with Crippen molar-refractivity contribution in [3.05, 3.63) is 59.4 Å². The molecule has 1 aromatic heterocycles. The van der Waals surface area contributed by atoms with Crippen molar-refractivity contribution in [2.45, 2.75) is 32.5 Å². The van der Waals surface area contributed by atoms with Crippen molar-refractivity contribution in [1.82, 2.24) is 14.8 Å². The summed E-state index contributed by atoms with van der Waals surface area (Å²) in [5.74, 6) is 2.20. The van der Waals surface area contributed by atoms with Crippen LogP contribution < -0.4 is 14.8 Å². The number of aromatic nitrogens is 3. The zero-order valence-corrected chi connectivity index (χ0v) is 18.5. The number of benzene rings is 2. The van der Waals surface area contributed by atoms with Gasteiger partial charge in [0.2, 0.25) is 5.91 Å². The highest BCUT2D eigenvalue weighted by molar-refractivity contribution is 7.99. The Labute approximate surface area is 180 Å². The highest BCUT2D eigenvalue weighted by Gasteiger charge is 2.14. The van der Waals surface area contributed by atoms with Gasteiger partial charge in [0.15, 0.2) is 22.5 Å². The second-order valence-corrected chi connectivity index (χ2v) is 7.72. The molecule has 0 saturated carbocycles. The van der Waals surface area contributed by atoms with E-state index in [0.29, 0.717) is 29.1 Å². The van der Waals surface area contributed by atoms with E-state index in [9.17, 15) is 4.79 Å². The number of para-hydroxylation sites is 1. The van der Waals surface area contributed by atoms with E-state index in [0.717, 1.165) is 16.8 Å². The fraction of sp³-hybridized carbons (Fsp3) is 0.318. The first-order valence-corrected chi connectivity index (χ1v) is 10.7. The van der Waals surface area contributed by atoms with Gasteiger partial charge in [-0.15, -0.1) is 10.2 Å². The second kappa shape index (κ2) is 10.2. The van der Waals surface area contributed by atoms with Crippen LogP contribution in [0.5, 0.6) is 11.5 Å². The van der Waals surface area contributed by atoms with E-state index in [-0.39, 0.29) is 18.3 Å². The number of hydrogen-bond acceptors (Lipinski definition) is 6. The number of aryl methyl sites for hydroxylation is 2. The molecule has 0 atom stereocenters. The molecule has 0 saturated heterocycles. The van der Waals surface area contributed by atoms with Crippen LogP contribution >= 0.6 is 11.8 Å².